The molecule has 0 aromatic heterocycles. The van der Waals surface area contributed by atoms with Crippen LogP contribution < -0.4 is 9.47 Å². The molecule has 0 spiro atoms. The van der Waals surface area contributed by atoms with Crippen LogP contribution in [0.1, 0.15) is 17.5 Å². The molecule has 5 rings (SSSR count). The molecule has 0 aliphatic carbocycles. The molecule has 1 unspecified atom stereocenters. The fourth-order valence-electron chi connectivity index (χ4n) is 4.76. The number of rotatable bonds is 11. The van der Waals surface area contributed by atoms with E-state index in [4.69, 9.17) is 30.5 Å². The summed E-state index contributed by atoms with van der Waals surface area (Å²) in [6, 6.07) is 21.1. The number of sulfone groups is 1. The fraction of sp³-hybridized carbons (Fsp3) is 0.367. The Bertz CT molecular complexity index is 1450. The van der Waals surface area contributed by atoms with Crippen LogP contribution >= 0.6 is 11.6 Å². The number of halogens is 1. The van der Waals surface area contributed by atoms with Crippen molar-refractivity contribution < 1.29 is 36.9 Å². The number of hydrogen-bond donors (Lipinski definition) is 0. The van der Waals surface area contributed by atoms with Gasteiger partial charge in [-0.15, -0.1) is 0 Å². The van der Waals surface area contributed by atoms with Crippen molar-refractivity contribution in [1.82, 2.24) is 0 Å². The van der Waals surface area contributed by atoms with Crippen molar-refractivity contribution in [3.05, 3.63) is 82.9 Å². The maximum absolute atomic E-state index is 11.7. The van der Waals surface area contributed by atoms with Crippen LogP contribution in [0.15, 0.2) is 66.7 Å². The third kappa shape index (κ3) is 6.78. The van der Waals surface area contributed by atoms with Gasteiger partial charge in [-0.3, -0.25) is 0 Å². The van der Waals surface area contributed by atoms with Gasteiger partial charge < -0.3 is 23.7 Å². The van der Waals surface area contributed by atoms with Gasteiger partial charge >= 0.3 is 5.97 Å². The van der Waals surface area contributed by atoms with Crippen LogP contribution in [0.2, 0.25) is 5.02 Å². The Morgan fingerprint density at radius 2 is 1.80 bits per heavy atom. The van der Waals surface area contributed by atoms with Gasteiger partial charge in [-0.2, -0.15) is 0 Å². The second-order valence-electron chi connectivity index (χ2n) is 10.1. The lowest BCUT2D eigenvalue weighted by Gasteiger charge is -2.41. The van der Waals surface area contributed by atoms with Crippen LogP contribution in [0.3, 0.4) is 0 Å². The SMILES string of the molecule is COC(=O)COC1(c2ccc(OCc3cccc(-c4ccc(OCC5CCS(=O)(=O)C5)cc4Cl)c3)cc2)COC1. The molecule has 0 saturated carbocycles. The maximum Gasteiger partial charge on any atom is 0.331 e. The van der Waals surface area contributed by atoms with Gasteiger partial charge in [0.05, 0.1) is 43.5 Å². The number of hydrogen-bond acceptors (Lipinski definition) is 8. The van der Waals surface area contributed by atoms with Crippen LogP contribution in [-0.2, 0) is 41.1 Å². The highest BCUT2D eigenvalue weighted by molar-refractivity contribution is 7.91. The average molecular weight is 587 g/mol. The van der Waals surface area contributed by atoms with Crippen LogP contribution in [0.4, 0.5) is 0 Å². The molecule has 2 saturated heterocycles. The molecular weight excluding hydrogens is 556 g/mol. The molecule has 0 amide bonds. The number of esters is 1. The number of ether oxygens (including phenoxy) is 5. The van der Waals surface area contributed by atoms with Crippen molar-refractivity contribution in [2.45, 2.75) is 18.6 Å². The zero-order valence-corrected chi connectivity index (χ0v) is 23.7. The summed E-state index contributed by atoms with van der Waals surface area (Å²) in [4.78, 5) is 11.5. The summed E-state index contributed by atoms with van der Waals surface area (Å²) in [7, 11) is -1.60. The molecule has 2 heterocycles. The van der Waals surface area contributed by atoms with Crippen LogP contribution in [-0.4, -0.2) is 59.4 Å². The van der Waals surface area contributed by atoms with E-state index in [1.807, 2.05) is 60.7 Å². The summed E-state index contributed by atoms with van der Waals surface area (Å²) in [6.45, 7) is 1.33. The molecule has 212 valence electrons. The molecule has 1 atom stereocenters. The van der Waals surface area contributed by atoms with Gasteiger partial charge in [0.1, 0.15) is 30.3 Å². The minimum Gasteiger partial charge on any atom is -0.493 e. The van der Waals surface area contributed by atoms with Crippen molar-refractivity contribution in [2.75, 3.05) is 45.0 Å². The summed E-state index contributed by atoms with van der Waals surface area (Å²) in [5, 5.41) is 0.550. The number of methoxy groups -OCH3 is 1. The standard InChI is InChI=1S/C30H31ClO8S/c1-35-29(32)17-39-30(19-36-20-30)24-5-7-25(8-6-24)37-15-21-3-2-4-23(13-21)27-10-9-26(14-28(27)31)38-16-22-11-12-40(33,34)18-22/h2-10,13-14,22H,11-12,15-20H2,1H3. The normalized spacial score (nSPS) is 19.0. The van der Waals surface area contributed by atoms with E-state index < -0.39 is 21.4 Å². The molecule has 10 heteroatoms. The van der Waals surface area contributed by atoms with Gasteiger partial charge in [-0.1, -0.05) is 41.9 Å². The van der Waals surface area contributed by atoms with E-state index in [0.29, 0.717) is 49.4 Å². The highest BCUT2D eigenvalue weighted by Gasteiger charge is 2.42. The van der Waals surface area contributed by atoms with Crippen LogP contribution in [0.25, 0.3) is 11.1 Å². The molecular formula is C30H31ClO8S. The van der Waals surface area contributed by atoms with E-state index in [2.05, 4.69) is 4.74 Å². The van der Waals surface area contributed by atoms with Gasteiger partial charge in [-0.25, -0.2) is 13.2 Å². The molecule has 2 aliphatic heterocycles. The Balaban J connectivity index is 1.18. The molecule has 3 aromatic carbocycles. The Kier molecular flexibility index (Phi) is 8.65. The highest BCUT2D eigenvalue weighted by Crippen LogP contribution is 2.35. The van der Waals surface area contributed by atoms with Gasteiger partial charge in [0.25, 0.3) is 0 Å². The highest BCUT2D eigenvalue weighted by atomic mass is 35.5. The van der Waals surface area contributed by atoms with Gasteiger partial charge in [0.15, 0.2) is 9.84 Å². The molecule has 3 aromatic rings. The molecule has 2 aliphatic rings. The zero-order chi connectivity index (χ0) is 28.2. The lowest BCUT2D eigenvalue weighted by molar-refractivity contribution is -0.220. The molecule has 8 nitrogen and oxygen atoms in total. The quantitative estimate of drug-likeness (QED) is 0.295. The fourth-order valence-corrected chi connectivity index (χ4v) is 6.88. The molecule has 0 N–H and O–H groups in total. The van der Waals surface area contributed by atoms with E-state index in [1.165, 1.54) is 7.11 Å². The van der Waals surface area contributed by atoms with E-state index >= 15 is 0 Å². The van der Waals surface area contributed by atoms with Crippen LogP contribution in [0.5, 0.6) is 11.5 Å². The zero-order valence-electron chi connectivity index (χ0n) is 22.1. The first-order valence-electron chi connectivity index (χ1n) is 13.0. The Hall–Kier alpha value is -3.11. The number of benzene rings is 3. The molecule has 0 radical (unpaired) electrons. The van der Waals surface area contributed by atoms with Crippen LogP contribution in [0, 0.1) is 5.92 Å². The Morgan fingerprint density at radius 1 is 1.02 bits per heavy atom. The largest absolute Gasteiger partial charge is 0.493 e. The monoisotopic (exact) mass is 586 g/mol. The third-order valence-corrected chi connectivity index (χ3v) is 9.29. The predicted octanol–water partition coefficient (Wildman–Crippen LogP) is 4.81. The number of carbonyl (C=O) groups is 1. The first-order chi connectivity index (χ1) is 19.2. The first-order valence-corrected chi connectivity index (χ1v) is 15.2. The lowest BCUT2D eigenvalue weighted by atomic mass is 9.91. The van der Waals surface area contributed by atoms with Gasteiger partial charge in [-0.05, 0) is 59.5 Å². The Morgan fingerprint density at radius 3 is 2.45 bits per heavy atom. The lowest BCUT2D eigenvalue weighted by Crippen LogP contribution is -2.49. The molecule has 0 bridgehead atoms. The smallest absolute Gasteiger partial charge is 0.331 e. The van der Waals surface area contributed by atoms with E-state index in [1.54, 1.807) is 6.07 Å². The average Bonchev–Trinajstić information content (AvgIpc) is 3.29. The second-order valence-corrected chi connectivity index (χ2v) is 12.7. The van der Waals surface area contributed by atoms with E-state index in [9.17, 15) is 13.2 Å². The van der Waals surface area contributed by atoms with Crippen molar-refractivity contribution in [3.63, 3.8) is 0 Å². The maximum atomic E-state index is 11.7. The van der Waals surface area contributed by atoms with Crippen molar-refractivity contribution >= 4 is 27.4 Å². The summed E-state index contributed by atoms with van der Waals surface area (Å²) >= 11 is 6.59. The van der Waals surface area contributed by atoms with Gasteiger partial charge in [0.2, 0.25) is 0 Å². The van der Waals surface area contributed by atoms with Crippen molar-refractivity contribution in [2.24, 2.45) is 5.92 Å². The van der Waals surface area contributed by atoms with Crippen molar-refractivity contribution in [1.29, 1.82) is 0 Å². The van der Waals surface area contributed by atoms with E-state index in [-0.39, 0.29) is 24.0 Å². The van der Waals surface area contributed by atoms with E-state index in [0.717, 1.165) is 22.3 Å². The summed E-state index contributed by atoms with van der Waals surface area (Å²) in [5.41, 5.74) is 3.05. The summed E-state index contributed by atoms with van der Waals surface area (Å²) in [5.74, 6) is 1.32. The van der Waals surface area contributed by atoms with Crippen molar-refractivity contribution in [3.8, 4) is 22.6 Å². The minimum absolute atomic E-state index is 0.0181. The third-order valence-electron chi connectivity index (χ3n) is 7.14. The molecule has 40 heavy (non-hydrogen) atoms. The molecule has 2 fully saturated rings. The summed E-state index contributed by atoms with van der Waals surface area (Å²) < 4.78 is 51.0. The minimum atomic E-state index is -2.93. The Labute approximate surface area is 239 Å². The first kappa shape index (κ1) is 28.4. The second kappa shape index (κ2) is 12.2. The number of carbonyl (C=O) groups excluding carboxylic acids is 1. The summed E-state index contributed by atoms with van der Waals surface area (Å²) in [6.07, 6.45) is 0.633. The van der Waals surface area contributed by atoms with Gasteiger partial charge in [0, 0.05) is 11.5 Å². The topological polar surface area (TPSA) is 97.4 Å². The predicted molar refractivity (Wildman–Crippen MR) is 150 cm³/mol.